The molecule has 1 aliphatic carbocycles. The van der Waals surface area contributed by atoms with E-state index >= 15 is 0 Å². The lowest BCUT2D eigenvalue weighted by Gasteiger charge is -2.32. The van der Waals surface area contributed by atoms with Crippen molar-refractivity contribution >= 4 is 5.91 Å². The van der Waals surface area contributed by atoms with Crippen LogP contribution in [0.25, 0.3) is 0 Å². The van der Waals surface area contributed by atoms with Crippen molar-refractivity contribution in [2.45, 2.75) is 57.5 Å². The number of likely N-dealkylation sites (N-methyl/N-ethyl adjacent to an activating group) is 1. The van der Waals surface area contributed by atoms with Crippen LogP contribution in [-0.4, -0.2) is 48.5 Å². The molecule has 1 aliphatic heterocycles. The highest BCUT2D eigenvalue weighted by atomic mass is 16.5. The number of likely N-dealkylation sites (tertiary alicyclic amines) is 1. The van der Waals surface area contributed by atoms with Crippen molar-refractivity contribution in [3.8, 4) is 5.75 Å². The minimum absolute atomic E-state index is 0.212. The van der Waals surface area contributed by atoms with Crippen molar-refractivity contribution in [1.29, 1.82) is 0 Å². The first-order valence-corrected chi connectivity index (χ1v) is 9.40. The molecule has 0 N–H and O–H groups in total. The first-order valence-electron chi connectivity index (χ1n) is 9.40. The molecule has 4 nitrogen and oxygen atoms in total. The summed E-state index contributed by atoms with van der Waals surface area (Å²) in [7, 11) is 1.69. The lowest BCUT2D eigenvalue weighted by molar-refractivity contribution is -0.135. The first-order chi connectivity index (χ1) is 11.7. The second-order valence-corrected chi connectivity index (χ2v) is 7.02. The molecule has 24 heavy (non-hydrogen) atoms. The Morgan fingerprint density at radius 2 is 1.92 bits per heavy atom. The van der Waals surface area contributed by atoms with E-state index in [0.717, 1.165) is 31.7 Å². The van der Waals surface area contributed by atoms with Gasteiger partial charge in [-0.15, -0.1) is 0 Å². The summed E-state index contributed by atoms with van der Waals surface area (Å²) in [6.07, 6.45) is 7.10. The molecular formula is C20H30N2O2. The fourth-order valence-corrected chi connectivity index (χ4v) is 3.78. The summed E-state index contributed by atoms with van der Waals surface area (Å²) >= 11 is 0. The molecule has 0 bridgehead atoms. The third-order valence-corrected chi connectivity index (χ3v) is 5.38. The van der Waals surface area contributed by atoms with Crippen LogP contribution in [0.2, 0.25) is 0 Å². The van der Waals surface area contributed by atoms with Gasteiger partial charge in [-0.1, -0.05) is 31.9 Å². The van der Waals surface area contributed by atoms with Gasteiger partial charge >= 0.3 is 0 Å². The zero-order chi connectivity index (χ0) is 16.9. The molecule has 2 fully saturated rings. The van der Waals surface area contributed by atoms with Crippen LogP contribution in [0.5, 0.6) is 5.75 Å². The van der Waals surface area contributed by atoms with E-state index in [2.05, 4.69) is 28.9 Å². The van der Waals surface area contributed by atoms with E-state index in [1.165, 1.54) is 31.2 Å². The third kappa shape index (κ3) is 4.10. The van der Waals surface area contributed by atoms with Gasteiger partial charge in [0.2, 0.25) is 5.91 Å². The maximum Gasteiger partial charge on any atom is 0.237 e. The summed E-state index contributed by atoms with van der Waals surface area (Å²) in [5.74, 6) is 1.17. The predicted octanol–water partition coefficient (Wildman–Crippen LogP) is 3.62. The quantitative estimate of drug-likeness (QED) is 0.798. The second-order valence-electron chi connectivity index (χ2n) is 7.02. The number of ether oxygens (including phenoxy) is 1. The van der Waals surface area contributed by atoms with Crippen LogP contribution in [0.4, 0.5) is 0 Å². The smallest absolute Gasteiger partial charge is 0.237 e. The zero-order valence-corrected chi connectivity index (χ0v) is 15.0. The lowest BCUT2D eigenvalue weighted by atomic mass is 10.0. The molecule has 1 saturated heterocycles. The van der Waals surface area contributed by atoms with Gasteiger partial charge in [-0.05, 0) is 49.9 Å². The van der Waals surface area contributed by atoms with Gasteiger partial charge in [0.25, 0.3) is 0 Å². The summed E-state index contributed by atoms with van der Waals surface area (Å²) in [6, 6.07) is 9.10. The van der Waals surface area contributed by atoms with Crippen LogP contribution in [0.1, 0.15) is 57.1 Å². The summed E-state index contributed by atoms with van der Waals surface area (Å²) in [5.41, 5.74) is 1.24. The Morgan fingerprint density at radius 1 is 1.17 bits per heavy atom. The highest BCUT2D eigenvalue weighted by molar-refractivity contribution is 5.79. The molecule has 1 heterocycles. The molecule has 1 amide bonds. The van der Waals surface area contributed by atoms with Crippen LogP contribution in [-0.2, 0) is 4.79 Å². The highest BCUT2D eigenvalue weighted by Crippen LogP contribution is 2.32. The molecule has 0 radical (unpaired) electrons. The summed E-state index contributed by atoms with van der Waals surface area (Å²) in [5, 5.41) is 0. The van der Waals surface area contributed by atoms with Crippen LogP contribution in [0, 0.1) is 0 Å². The molecule has 1 atom stereocenters. The summed E-state index contributed by atoms with van der Waals surface area (Å²) in [6.45, 7) is 4.60. The van der Waals surface area contributed by atoms with Crippen molar-refractivity contribution in [1.82, 2.24) is 9.80 Å². The number of hydrogen-bond acceptors (Lipinski definition) is 3. The molecule has 1 aromatic carbocycles. The zero-order valence-electron chi connectivity index (χ0n) is 15.0. The molecule has 1 saturated carbocycles. The van der Waals surface area contributed by atoms with E-state index in [-0.39, 0.29) is 6.04 Å². The SMILES string of the molecule is CCN(CC(=O)N1CCCCCC1c1ccc(OC)cc1)C1CC1. The van der Waals surface area contributed by atoms with Gasteiger partial charge in [-0.25, -0.2) is 0 Å². The summed E-state index contributed by atoms with van der Waals surface area (Å²) < 4.78 is 5.27. The van der Waals surface area contributed by atoms with E-state index in [1.54, 1.807) is 7.11 Å². The number of amides is 1. The van der Waals surface area contributed by atoms with Gasteiger partial charge in [0.1, 0.15) is 5.75 Å². The van der Waals surface area contributed by atoms with Gasteiger partial charge < -0.3 is 9.64 Å². The van der Waals surface area contributed by atoms with E-state index in [1.807, 2.05) is 12.1 Å². The van der Waals surface area contributed by atoms with Crippen molar-refractivity contribution in [2.75, 3.05) is 26.7 Å². The van der Waals surface area contributed by atoms with Crippen molar-refractivity contribution in [3.63, 3.8) is 0 Å². The van der Waals surface area contributed by atoms with Crippen molar-refractivity contribution in [3.05, 3.63) is 29.8 Å². The third-order valence-electron chi connectivity index (χ3n) is 5.38. The molecule has 2 aliphatic rings. The predicted molar refractivity (Wildman–Crippen MR) is 96.2 cm³/mol. The molecule has 132 valence electrons. The van der Waals surface area contributed by atoms with Gasteiger partial charge in [0, 0.05) is 12.6 Å². The molecule has 1 unspecified atom stereocenters. The van der Waals surface area contributed by atoms with Gasteiger partial charge in [0.15, 0.2) is 0 Å². The number of carbonyl (C=O) groups is 1. The highest BCUT2D eigenvalue weighted by Gasteiger charge is 2.32. The second kappa shape index (κ2) is 8.02. The molecule has 0 aromatic heterocycles. The Labute approximate surface area is 145 Å². The minimum Gasteiger partial charge on any atom is -0.497 e. The molecule has 1 aromatic rings. The van der Waals surface area contributed by atoms with Crippen LogP contribution in [0.15, 0.2) is 24.3 Å². The monoisotopic (exact) mass is 330 g/mol. The number of rotatable bonds is 6. The van der Waals surface area contributed by atoms with E-state index < -0.39 is 0 Å². The number of carbonyl (C=O) groups excluding carboxylic acids is 1. The number of hydrogen-bond donors (Lipinski definition) is 0. The van der Waals surface area contributed by atoms with Crippen LogP contribution < -0.4 is 4.74 Å². The lowest BCUT2D eigenvalue weighted by Crippen LogP contribution is -2.43. The Hall–Kier alpha value is -1.55. The Kier molecular flexibility index (Phi) is 5.77. The Morgan fingerprint density at radius 3 is 2.54 bits per heavy atom. The summed E-state index contributed by atoms with van der Waals surface area (Å²) in [4.78, 5) is 17.5. The fourth-order valence-electron chi connectivity index (χ4n) is 3.78. The Balaban J connectivity index is 1.74. The first kappa shape index (κ1) is 17.3. The molecule has 0 spiro atoms. The van der Waals surface area contributed by atoms with Crippen LogP contribution >= 0.6 is 0 Å². The van der Waals surface area contributed by atoms with Gasteiger partial charge in [-0.3, -0.25) is 9.69 Å². The minimum atomic E-state index is 0.212. The molecule has 4 heteroatoms. The number of methoxy groups -OCH3 is 1. The van der Waals surface area contributed by atoms with Crippen LogP contribution in [0.3, 0.4) is 0 Å². The standard InChI is InChI=1S/C20H30N2O2/c1-3-21(17-10-11-17)15-20(23)22-14-6-4-5-7-19(22)16-8-12-18(24-2)13-9-16/h8-9,12-13,17,19H,3-7,10-11,14-15H2,1-2H3. The normalized spacial score (nSPS) is 21.6. The molecule has 3 rings (SSSR count). The number of benzene rings is 1. The topological polar surface area (TPSA) is 32.8 Å². The van der Waals surface area contributed by atoms with Gasteiger partial charge in [-0.2, -0.15) is 0 Å². The van der Waals surface area contributed by atoms with E-state index in [0.29, 0.717) is 18.5 Å². The largest absolute Gasteiger partial charge is 0.497 e. The Bertz CT molecular complexity index is 539. The maximum absolute atomic E-state index is 13.0. The average Bonchev–Trinajstić information content (AvgIpc) is 3.46. The fraction of sp³-hybridized carbons (Fsp3) is 0.650. The average molecular weight is 330 g/mol. The van der Waals surface area contributed by atoms with E-state index in [4.69, 9.17) is 4.74 Å². The van der Waals surface area contributed by atoms with Crippen molar-refractivity contribution in [2.24, 2.45) is 0 Å². The van der Waals surface area contributed by atoms with E-state index in [9.17, 15) is 4.79 Å². The number of nitrogens with zero attached hydrogens (tertiary/aromatic N) is 2. The van der Waals surface area contributed by atoms with Gasteiger partial charge in [0.05, 0.1) is 19.7 Å². The van der Waals surface area contributed by atoms with Crippen molar-refractivity contribution < 1.29 is 9.53 Å². The molecular weight excluding hydrogens is 300 g/mol. The maximum atomic E-state index is 13.0.